The van der Waals surface area contributed by atoms with Crippen molar-refractivity contribution in [3.63, 3.8) is 0 Å². The average Bonchev–Trinajstić information content (AvgIpc) is 3.53. The lowest BCUT2D eigenvalue weighted by atomic mass is 9.94. The van der Waals surface area contributed by atoms with Crippen molar-refractivity contribution < 1.29 is 4.74 Å². The third kappa shape index (κ3) is 3.93. The predicted octanol–water partition coefficient (Wildman–Crippen LogP) is 3.83. The highest BCUT2D eigenvalue weighted by Gasteiger charge is 2.18. The van der Waals surface area contributed by atoms with E-state index in [0.717, 1.165) is 57.8 Å². The van der Waals surface area contributed by atoms with Gasteiger partial charge in [-0.2, -0.15) is 9.50 Å². The molecule has 5 aromatic rings. The minimum Gasteiger partial charge on any atom is -0.466 e. The molecular weight excluding hydrogens is 416 g/mol. The minimum absolute atomic E-state index is 0.336. The number of hydrogen-bond acceptors (Lipinski definition) is 7. The summed E-state index contributed by atoms with van der Waals surface area (Å²) in [5, 5.41) is 19.1. The van der Waals surface area contributed by atoms with E-state index in [1.807, 2.05) is 25.1 Å². The van der Waals surface area contributed by atoms with E-state index < -0.39 is 0 Å². The molecule has 1 N–H and O–H groups in total. The number of methoxy groups -OCH3 is 1. The highest BCUT2D eigenvalue weighted by atomic mass is 16.5. The second kappa shape index (κ2) is 8.78. The predicted molar refractivity (Wildman–Crippen MR) is 124 cm³/mol. The number of aromatic nitrogens is 8. The minimum atomic E-state index is 0.336. The topological polar surface area (TPSA) is 107 Å². The first-order chi connectivity index (χ1) is 16.2. The monoisotopic (exact) mass is 440 g/mol. The molecule has 0 saturated carbocycles. The number of H-pyrrole nitrogens is 1. The first-order valence-electron chi connectivity index (χ1n) is 10.9. The molecule has 0 aliphatic rings. The van der Waals surface area contributed by atoms with Gasteiger partial charge in [0.15, 0.2) is 11.5 Å². The van der Waals surface area contributed by atoms with E-state index in [4.69, 9.17) is 9.72 Å². The lowest BCUT2D eigenvalue weighted by molar-refractivity contribution is 0.380. The Labute approximate surface area is 190 Å². The smallest absolute Gasteiger partial charge is 0.336 e. The Morgan fingerprint density at radius 2 is 1.88 bits per heavy atom. The van der Waals surface area contributed by atoms with Gasteiger partial charge in [-0.1, -0.05) is 55.8 Å². The Morgan fingerprint density at radius 3 is 2.61 bits per heavy atom. The summed E-state index contributed by atoms with van der Waals surface area (Å²) in [5.74, 6) is 1.42. The zero-order chi connectivity index (χ0) is 22.8. The van der Waals surface area contributed by atoms with Crippen LogP contribution in [0, 0.1) is 6.92 Å². The first kappa shape index (κ1) is 20.7. The van der Waals surface area contributed by atoms with Crippen LogP contribution in [-0.4, -0.2) is 47.3 Å². The third-order valence-corrected chi connectivity index (χ3v) is 5.63. The number of hydrogen-bond donors (Lipinski definition) is 1. The lowest BCUT2D eigenvalue weighted by Gasteiger charge is -2.13. The Bertz CT molecular complexity index is 1390. The van der Waals surface area contributed by atoms with Crippen LogP contribution in [-0.2, 0) is 12.8 Å². The summed E-state index contributed by atoms with van der Waals surface area (Å²) in [6.45, 7) is 4.09. The molecule has 0 saturated heterocycles. The molecule has 0 aliphatic heterocycles. The third-order valence-electron chi connectivity index (χ3n) is 5.63. The summed E-state index contributed by atoms with van der Waals surface area (Å²) in [4.78, 5) is 9.46. The van der Waals surface area contributed by atoms with Gasteiger partial charge in [0.1, 0.15) is 5.82 Å². The molecule has 5 rings (SSSR count). The molecule has 3 aromatic heterocycles. The van der Waals surface area contributed by atoms with E-state index in [1.165, 1.54) is 0 Å². The van der Waals surface area contributed by atoms with Crippen LogP contribution >= 0.6 is 0 Å². The molecule has 0 fully saturated rings. The molecule has 166 valence electrons. The van der Waals surface area contributed by atoms with E-state index in [-0.39, 0.29) is 0 Å². The number of ether oxygens (including phenoxy) is 1. The SMILES string of the molecule is CCCc1nc(C)n2nc(OC)nc2c1Cc1ccc(-c2ccccc2)c(-c2nnn[nH]2)c1. The fraction of sp³-hybridized carbons (Fsp3) is 0.250. The molecule has 0 spiro atoms. The van der Waals surface area contributed by atoms with Gasteiger partial charge in [0.2, 0.25) is 0 Å². The van der Waals surface area contributed by atoms with Gasteiger partial charge in [0.05, 0.1) is 7.11 Å². The Balaban J connectivity index is 1.64. The Morgan fingerprint density at radius 1 is 1.03 bits per heavy atom. The zero-order valence-electron chi connectivity index (χ0n) is 18.8. The van der Waals surface area contributed by atoms with Crippen LogP contribution in [0.2, 0.25) is 0 Å². The van der Waals surface area contributed by atoms with Crippen molar-refractivity contribution in [2.75, 3.05) is 7.11 Å². The van der Waals surface area contributed by atoms with Crippen LogP contribution in [0.4, 0.5) is 0 Å². The summed E-state index contributed by atoms with van der Waals surface area (Å²) in [6.07, 6.45) is 2.50. The Hall–Kier alpha value is -4.14. The van der Waals surface area contributed by atoms with Gasteiger partial charge in [-0.05, 0) is 46.5 Å². The summed E-state index contributed by atoms with van der Waals surface area (Å²) < 4.78 is 7.05. The first-order valence-corrected chi connectivity index (χ1v) is 10.9. The molecule has 0 radical (unpaired) electrons. The molecule has 33 heavy (non-hydrogen) atoms. The van der Waals surface area contributed by atoms with Crippen molar-refractivity contribution in [2.45, 2.75) is 33.1 Å². The van der Waals surface area contributed by atoms with Crippen LogP contribution < -0.4 is 4.74 Å². The number of fused-ring (bicyclic) bond motifs is 1. The molecule has 0 bridgehead atoms. The molecule has 0 unspecified atom stereocenters. The van der Waals surface area contributed by atoms with Gasteiger partial charge in [0.25, 0.3) is 0 Å². The highest BCUT2D eigenvalue weighted by Crippen LogP contribution is 2.32. The number of nitrogens with zero attached hydrogens (tertiary/aromatic N) is 7. The van der Waals surface area contributed by atoms with Crippen molar-refractivity contribution in [3.8, 4) is 28.5 Å². The molecule has 9 nitrogen and oxygen atoms in total. The van der Waals surface area contributed by atoms with E-state index in [9.17, 15) is 0 Å². The highest BCUT2D eigenvalue weighted by molar-refractivity contribution is 5.81. The maximum absolute atomic E-state index is 5.29. The van der Waals surface area contributed by atoms with Crippen LogP contribution in [0.1, 0.15) is 36.0 Å². The number of aryl methyl sites for hydroxylation is 2. The number of aromatic amines is 1. The van der Waals surface area contributed by atoms with Crippen LogP contribution in [0.5, 0.6) is 6.01 Å². The normalized spacial score (nSPS) is 11.2. The van der Waals surface area contributed by atoms with Crippen LogP contribution in [0.3, 0.4) is 0 Å². The van der Waals surface area contributed by atoms with E-state index in [1.54, 1.807) is 11.6 Å². The fourth-order valence-corrected chi connectivity index (χ4v) is 4.11. The second-order valence-electron chi connectivity index (χ2n) is 7.84. The summed E-state index contributed by atoms with van der Waals surface area (Å²) in [7, 11) is 1.57. The summed E-state index contributed by atoms with van der Waals surface area (Å²) in [5.41, 5.74) is 7.06. The van der Waals surface area contributed by atoms with Gasteiger partial charge >= 0.3 is 6.01 Å². The maximum atomic E-state index is 5.29. The van der Waals surface area contributed by atoms with Gasteiger partial charge in [0, 0.05) is 23.2 Å². The van der Waals surface area contributed by atoms with E-state index in [2.05, 4.69) is 68.0 Å². The standard InChI is InChI=1S/C24H24N8O/c1-4-8-21-20(23-26-24(33-3)29-32(23)15(2)25-21)14-16-11-12-18(17-9-6-5-7-10-17)19(13-16)22-27-30-31-28-22/h5-7,9-13H,4,8,14H2,1-3H3,(H,27,28,30,31). The van der Waals surface area contributed by atoms with Gasteiger partial charge in [-0.25, -0.2) is 10.1 Å². The largest absolute Gasteiger partial charge is 0.466 e. The molecule has 3 heterocycles. The van der Waals surface area contributed by atoms with Crippen molar-refractivity contribution >= 4 is 5.65 Å². The van der Waals surface area contributed by atoms with Crippen molar-refractivity contribution in [3.05, 3.63) is 71.2 Å². The van der Waals surface area contributed by atoms with Crippen molar-refractivity contribution in [1.29, 1.82) is 0 Å². The van der Waals surface area contributed by atoms with E-state index in [0.29, 0.717) is 18.3 Å². The summed E-state index contributed by atoms with van der Waals surface area (Å²) >= 11 is 0. The van der Waals surface area contributed by atoms with Crippen molar-refractivity contribution in [2.24, 2.45) is 0 Å². The average molecular weight is 441 g/mol. The zero-order valence-corrected chi connectivity index (χ0v) is 18.8. The van der Waals surface area contributed by atoms with Gasteiger partial charge in [-0.3, -0.25) is 0 Å². The van der Waals surface area contributed by atoms with E-state index >= 15 is 0 Å². The molecule has 9 heteroatoms. The molecule has 0 atom stereocenters. The Kier molecular flexibility index (Phi) is 5.52. The number of benzene rings is 2. The second-order valence-corrected chi connectivity index (χ2v) is 7.84. The molecule has 2 aromatic carbocycles. The quantitative estimate of drug-likeness (QED) is 0.410. The lowest BCUT2D eigenvalue weighted by Crippen LogP contribution is -2.08. The van der Waals surface area contributed by atoms with Gasteiger partial charge < -0.3 is 4.74 Å². The van der Waals surface area contributed by atoms with Crippen LogP contribution in [0.25, 0.3) is 28.2 Å². The number of nitrogens with one attached hydrogen (secondary N) is 1. The van der Waals surface area contributed by atoms with Crippen molar-refractivity contribution in [1.82, 2.24) is 40.2 Å². The number of rotatable bonds is 7. The fourth-order valence-electron chi connectivity index (χ4n) is 4.11. The number of tetrazole rings is 1. The van der Waals surface area contributed by atoms with Crippen LogP contribution in [0.15, 0.2) is 48.5 Å². The summed E-state index contributed by atoms with van der Waals surface area (Å²) in [6, 6.07) is 16.9. The molecule has 0 amide bonds. The molecular formula is C24H24N8O. The molecule has 0 aliphatic carbocycles. The maximum Gasteiger partial charge on any atom is 0.336 e. The van der Waals surface area contributed by atoms with Gasteiger partial charge in [-0.15, -0.1) is 10.2 Å².